The van der Waals surface area contributed by atoms with Crippen LogP contribution in [-0.2, 0) is 60.6 Å². The van der Waals surface area contributed by atoms with Gasteiger partial charge in [-0.2, -0.15) is 0 Å². The van der Waals surface area contributed by atoms with Crippen LogP contribution in [0.3, 0.4) is 0 Å². The van der Waals surface area contributed by atoms with Crippen molar-refractivity contribution in [2.45, 2.75) is 254 Å². The highest BCUT2D eigenvalue weighted by Gasteiger charge is 2.38. The predicted octanol–water partition coefficient (Wildman–Crippen LogP) is 35.8. The molecule has 0 unspecified atom stereocenters. The summed E-state index contributed by atoms with van der Waals surface area (Å²) in [6, 6.07) is 114. The van der Waals surface area contributed by atoms with E-state index in [1.165, 1.54) is 167 Å². The standard InChI is InChI=1S/C61H67N.C34H45Cl.C28H24/c1-57(2,3)45-31-43(32-46(37-45)58(4,5)6)41-30-42(44-33-47(59(7,8)9)38-48(34-44)60(10,11)12)36-50(35-41)62(56-27-21-19-24-51(56)40-22-16-15-17-23-40)49-28-29-53-52-25-18-20-26-54(52)61(13,14)55(53)39-49;1-31(2,3)26-14-24(15-27(20-26)32(4,5)6)22-13-23(19-30(35)18-22)25-16-28(33(7,8)9)21-29(17-25)34(10,11)12;1-28(2)26-15-9-8-14-24(26)25-17-16-20(19-27(25)28)18-22-12-6-7-13-23(22)21-10-4-3-5-11-21/h15-39H,1-14H3;13-21H,1-12H3;3-17,19H,18H2,1-2H3. The third-order valence-corrected chi connectivity index (χ3v) is 26.5. The van der Waals surface area contributed by atoms with E-state index in [2.05, 4.69) is 502 Å². The Kier molecular flexibility index (Phi) is 24.5. The number of rotatable bonds is 11. The van der Waals surface area contributed by atoms with Crippen LogP contribution in [0.5, 0.6) is 0 Å². The lowest BCUT2D eigenvalue weighted by molar-refractivity contribution is 0.568. The molecule has 0 aliphatic heterocycles. The molecule has 16 rings (SSSR count). The van der Waals surface area contributed by atoms with Crippen molar-refractivity contribution in [1.82, 2.24) is 0 Å². The summed E-state index contributed by atoms with van der Waals surface area (Å²) in [6.07, 6.45) is 0.949. The molecule has 14 aromatic carbocycles. The van der Waals surface area contributed by atoms with Gasteiger partial charge < -0.3 is 4.90 Å². The molecule has 0 spiro atoms. The van der Waals surface area contributed by atoms with Crippen LogP contribution in [0.25, 0.3) is 89.0 Å². The Bertz CT molecular complexity index is 5990. The number of hydrogen-bond acceptors (Lipinski definition) is 1. The van der Waals surface area contributed by atoms with Crippen molar-refractivity contribution in [2.75, 3.05) is 4.90 Å². The summed E-state index contributed by atoms with van der Waals surface area (Å²) in [7, 11) is 0. The van der Waals surface area contributed by atoms with Crippen molar-refractivity contribution in [1.29, 1.82) is 0 Å². The van der Waals surface area contributed by atoms with Crippen molar-refractivity contribution in [3.63, 3.8) is 0 Å². The lowest BCUT2D eigenvalue weighted by Gasteiger charge is -2.31. The molecule has 0 saturated carbocycles. The Morgan fingerprint density at radius 1 is 0.216 bits per heavy atom. The van der Waals surface area contributed by atoms with Gasteiger partial charge in [-0.3, -0.25) is 0 Å². The molecule has 2 aliphatic rings. The second-order valence-corrected chi connectivity index (χ2v) is 45.5. The molecule has 0 fully saturated rings. The van der Waals surface area contributed by atoms with E-state index in [0.29, 0.717) is 0 Å². The fraction of sp³-hybridized carbons (Fsp3) is 0.317. The average molecular weight is 1660 g/mol. The first-order valence-corrected chi connectivity index (χ1v) is 45.9. The topological polar surface area (TPSA) is 3.24 Å². The summed E-state index contributed by atoms with van der Waals surface area (Å²) in [6.45, 7) is 64.9. The van der Waals surface area contributed by atoms with Gasteiger partial charge in [0.05, 0.1) is 5.69 Å². The first-order valence-electron chi connectivity index (χ1n) is 45.6. The summed E-state index contributed by atoms with van der Waals surface area (Å²) < 4.78 is 0. The molecule has 0 saturated heterocycles. The van der Waals surface area contributed by atoms with Gasteiger partial charge in [0.25, 0.3) is 0 Å². The average Bonchev–Trinajstić information content (AvgIpc) is 1.60. The van der Waals surface area contributed by atoms with Gasteiger partial charge in [0.1, 0.15) is 0 Å². The van der Waals surface area contributed by atoms with Gasteiger partial charge in [-0.1, -0.05) is 454 Å². The Labute approximate surface area is 757 Å². The van der Waals surface area contributed by atoms with Gasteiger partial charge >= 0.3 is 0 Å². The SMILES string of the molecule is CC(C)(C)c1cc(-c2cc(-c3cc(C(C)(C)C)cc(C(C)(C)C)c3)cc(N(c3ccc4c(c3)C(C)(C)c3ccccc3-4)c3ccccc3-c3ccccc3)c2)cc(C(C)(C)C)c1.CC(C)(C)c1cc(-c2cc(Cl)cc(-c3cc(C(C)(C)C)cc(C(C)(C)C)c3)c2)cc(C(C)(C)C)c1.CC1(C)c2ccccc2-c2ccc(Cc3ccccc3-c3ccccc3)cc21. The Hall–Kier alpha value is -10.8. The summed E-state index contributed by atoms with van der Waals surface area (Å²) in [4.78, 5) is 2.53. The number of halogens is 1. The van der Waals surface area contributed by atoms with Crippen molar-refractivity contribution < 1.29 is 0 Å². The summed E-state index contributed by atoms with van der Waals surface area (Å²) >= 11 is 6.77. The van der Waals surface area contributed by atoms with Crippen LogP contribution in [0.2, 0.25) is 5.02 Å². The first-order chi connectivity index (χ1) is 58.4. The highest BCUT2D eigenvalue weighted by Crippen LogP contribution is 2.54. The number of anilines is 3. The van der Waals surface area contributed by atoms with Gasteiger partial charge in [-0.15, -0.1) is 0 Å². The third kappa shape index (κ3) is 19.6. The van der Waals surface area contributed by atoms with E-state index < -0.39 is 0 Å². The molecule has 0 aromatic heterocycles. The highest BCUT2D eigenvalue weighted by molar-refractivity contribution is 6.31. The van der Waals surface area contributed by atoms with E-state index >= 15 is 0 Å². The molecular weight excluding hydrogens is 1530 g/mol. The van der Waals surface area contributed by atoms with E-state index in [4.69, 9.17) is 11.6 Å². The number of nitrogens with zero attached hydrogens (tertiary/aromatic N) is 1. The minimum absolute atomic E-state index is 0.0193. The molecule has 0 heterocycles. The fourth-order valence-corrected chi connectivity index (χ4v) is 18.3. The number of para-hydroxylation sites is 1. The predicted molar refractivity (Wildman–Crippen MR) is 546 cm³/mol. The number of hydrogen-bond donors (Lipinski definition) is 0. The quantitative estimate of drug-likeness (QED) is 0.125. The minimum atomic E-state index is -0.146. The van der Waals surface area contributed by atoms with Crippen molar-refractivity contribution >= 4 is 28.7 Å². The smallest absolute Gasteiger partial charge is 0.0540 e. The summed E-state index contributed by atoms with van der Waals surface area (Å²) in [5.41, 5.74) is 42.9. The molecule has 125 heavy (non-hydrogen) atoms. The van der Waals surface area contributed by atoms with E-state index in [9.17, 15) is 0 Å². The maximum atomic E-state index is 6.77. The lowest BCUT2D eigenvalue weighted by Crippen LogP contribution is -2.17. The van der Waals surface area contributed by atoms with Crippen LogP contribution in [0.15, 0.2) is 303 Å². The van der Waals surface area contributed by atoms with Gasteiger partial charge in [0.2, 0.25) is 0 Å². The number of fused-ring (bicyclic) bond motifs is 6. The van der Waals surface area contributed by atoms with Gasteiger partial charge in [0, 0.05) is 32.8 Å². The molecule has 0 N–H and O–H groups in total. The van der Waals surface area contributed by atoms with Gasteiger partial charge in [-0.25, -0.2) is 0 Å². The zero-order valence-corrected chi connectivity index (χ0v) is 81.2. The van der Waals surface area contributed by atoms with Crippen LogP contribution in [0.1, 0.15) is 272 Å². The van der Waals surface area contributed by atoms with Crippen LogP contribution in [0.4, 0.5) is 17.1 Å². The van der Waals surface area contributed by atoms with Crippen LogP contribution in [-0.4, -0.2) is 0 Å². The van der Waals surface area contributed by atoms with Crippen molar-refractivity contribution in [2.24, 2.45) is 0 Å². The van der Waals surface area contributed by atoms with E-state index in [0.717, 1.165) is 28.5 Å². The Balaban J connectivity index is 0.000000169. The normalized spacial score (nSPS) is 13.6. The van der Waals surface area contributed by atoms with Crippen LogP contribution < -0.4 is 4.90 Å². The molecule has 2 heteroatoms. The second kappa shape index (κ2) is 33.8. The molecule has 0 amide bonds. The first kappa shape index (κ1) is 90.4. The molecule has 14 aromatic rings. The molecule has 640 valence electrons. The van der Waals surface area contributed by atoms with Crippen molar-refractivity contribution in [3.8, 4) is 89.0 Å². The summed E-state index contributed by atoms with van der Waals surface area (Å²) in [5.74, 6) is 0. The minimum Gasteiger partial charge on any atom is -0.310 e. The molecule has 1 nitrogen and oxygen atoms in total. The Morgan fingerprint density at radius 3 is 0.864 bits per heavy atom. The molecule has 0 atom stereocenters. The highest BCUT2D eigenvalue weighted by atomic mass is 35.5. The number of benzene rings is 14. The largest absolute Gasteiger partial charge is 0.310 e. The maximum absolute atomic E-state index is 6.77. The molecule has 0 bridgehead atoms. The Morgan fingerprint density at radius 2 is 0.496 bits per heavy atom. The molecule has 2 aliphatic carbocycles. The lowest BCUT2D eigenvalue weighted by atomic mass is 9.78. The third-order valence-electron chi connectivity index (χ3n) is 26.3. The zero-order valence-electron chi connectivity index (χ0n) is 80.4. The maximum Gasteiger partial charge on any atom is 0.0540 e. The van der Waals surface area contributed by atoms with E-state index in [1.807, 2.05) is 0 Å². The monoisotopic (exact) mass is 1660 g/mol. The fourth-order valence-electron chi connectivity index (χ4n) is 18.1. The molecule has 0 radical (unpaired) electrons. The second-order valence-electron chi connectivity index (χ2n) is 45.1. The van der Waals surface area contributed by atoms with E-state index in [-0.39, 0.29) is 54.1 Å². The van der Waals surface area contributed by atoms with Gasteiger partial charge in [0.15, 0.2) is 0 Å². The van der Waals surface area contributed by atoms with Gasteiger partial charge in [-0.05, 0) is 266 Å². The molecular formula is C123H136ClN. The van der Waals surface area contributed by atoms with Crippen LogP contribution in [0, 0.1) is 0 Å². The van der Waals surface area contributed by atoms with Crippen LogP contribution >= 0.6 is 11.6 Å². The zero-order chi connectivity index (χ0) is 90.3. The van der Waals surface area contributed by atoms with Crippen molar-refractivity contribution in [3.05, 3.63) is 386 Å². The summed E-state index contributed by atoms with van der Waals surface area (Å²) in [5, 5.41) is 0.773. The van der Waals surface area contributed by atoms with E-state index in [1.54, 1.807) is 0 Å².